The van der Waals surface area contributed by atoms with Crippen molar-refractivity contribution in [3.05, 3.63) is 74.4 Å². The van der Waals surface area contributed by atoms with Gasteiger partial charge in [0.2, 0.25) is 0 Å². The smallest absolute Gasteiger partial charge is 0.271 e. The van der Waals surface area contributed by atoms with E-state index in [9.17, 15) is 20.0 Å². The number of nitrogens with zero attached hydrogens (tertiary/aromatic N) is 1. The average Bonchev–Trinajstić information content (AvgIpc) is 2.51. The number of nitro groups is 1. The molecule has 0 aromatic heterocycles. The van der Waals surface area contributed by atoms with Crippen LogP contribution >= 0.6 is 23.2 Å². The summed E-state index contributed by atoms with van der Waals surface area (Å²) in [5.41, 5.74) is 0.0903. The van der Waals surface area contributed by atoms with Gasteiger partial charge in [-0.1, -0.05) is 35.0 Å². The first-order chi connectivity index (χ1) is 10.9. The van der Waals surface area contributed by atoms with Gasteiger partial charge < -0.3 is 10.4 Å². The van der Waals surface area contributed by atoms with Crippen LogP contribution in [-0.4, -0.2) is 10.7 Å². The first kappa shape index (κ1) is 16.8. The Morgan fingerprint density at radius 2 is 1.87 bits per heavy atom. The molecule has 0 saturated carbocycles. The second-order valence-electron chi connectivity index (χ2n) is 4.41. The maximum Gasteiger partial charge on any atom is 0.271 e. The Morgan fingerprint density at radius 1 is 1.13 bits per heavy atom. The highest BCUT2D eigenvalue weighted by molar-refractivity contribution is 6.42. The molecule has 23 heavy (non-hydrogen) atoms. The van der Waals surface area contributed by atoms with Crippen LogP contribution in [0.3, 0.4) is 0 Å². The molecule has 0 aliphatic heterocycles. The quantitative estimate of drug-likeness (QED) is 0.382. The van der Waals surface area contributed by atoms with Gasteiger partial charge in [-0.2, -0.15) is 0 Å². The molecule has 0 spiro atoms. The number of rotatable bonds is 5. The molecule has 0 heterocycles. The molecule has 1 N–H and O–H groups in total. The molecule has 8 heteroatoms. The molecule has 0 unspecified atom stereocenters. The summed E-state index contributed by atoms with van der Waals surface area (Å²) in [5.74, 6) is -0.795. The van der Waals surface area contributed by atoms with E-state index in [1.807, 2.05) is 0 Å². The molecular weight excluding hydrogens is 343 g/mol. The molecule has 118 valence electrons. The van der Waals surface area contributed by atoms with Crippen molar-refractivity contribution in [3.63, 3.8) is 0 Å². The minimum atomic E-state index is -0.616. The molecule has 0 aliphatic carbocycles. The number of nitro benzene ring substituents is 1. The summed E-state index contributed by atoms with van der Waals surface area (Å²) in [6.45, 7) is 0. The number of hydrogen-bond donors (Lipinski definition) is 1. The van der Waals surface area contributed by atoms with E-state index in [0.29, 0.717) is 10.6 Å². The number of carbonyl (C=O) groups excluding carboxylic acids is 1. The molecule has 6 nitrogen and oxygen atoms in total. The Hall–Kier alpha value is -2.57. The molecule has 0 radical (unpaired) electrons. The van der Waals surface area contributed by atoms with E-state index in [-0.39, 0.29) is 22.2 Å². The zero-order chi connectivity index (χ0) is 17.0. The van der Waals surface area contributed by atoms with E-state index in [1.54, 1.807) is 0 Å². The van der Waals surface area contributed by atoms with Gasteiger partial charge >= 0.3 is 0 Å². The molecule has 0 fully saturated rings. The maximum absolute atomic E-state index is 11.9. The number of carbonyl (C=O) groups is 1. The normalized spacial score (nSPS) is 10.7. The SMILES string of the molecule is O=C(/C=C/Nc1cc([N+](=O)[O-])ccc1[O-])c1ccc(Cl)c(Cl)c1. The van der Waals surface area contributed by atoms with Gasteiger partial charge in [-0.25, -0.2) is 0 Å². The summed E-state index contributed by atoms with van der Waals surface area (Å²) in [4.78, 5) is 22.0. The summed E-state index contributed by atoms with van der Waals surface area (Å²) in [6.07, 6.45) is 2.41. The molecule has 2 rings (SSSR count). The minimum Gasteiger partial charge on any atom is -0.871 e. The van der Waals surface area contributed by atoms with Crippen LogP contribution in [0.4, 0.5) is 11.4 Å². The predicted molar refractivity (Wildman–Crippen MR) is 86.1 cm³/mol. The van der Waals surface area contributed by atoms with Gasteiger partial charge in [0.05, 0.1) is 15.0 Å². The van der Waals surface area contributed by atoms with Gasteiger partial charge in [-0.05, 0) is 18.2 Å². The van der Waals surface area contributed by atoms with Crippen LogP contribution in [0, 0.1) is 10.1 Å². The molecule has 0 saturated heterocycles. The third kappa shape index (κ3) is 4.21. The van der Waals surface area contributed by atoms with E-state index in [1.165, 1.54) is 30.5 Å². The largest absolute Gasteiger partial charge is 0.871 e. The molecule has 0 bridgehead atoms. The number of allylic oxidation sites excluding steroid dienone is 1. The molecule has 0 atom stereocenters. The number of halogens is 2. The monoisotopic (exact) mass is 351 g/mol. The van der Waals surface area contributed by atoms with E-state index < -0.39 is 10.7 Å². The summed E-state index contributed by atoms with van der Waals surface area (Å²) in [6, 6.07) is 7.70. The molecule has 2 aromatic rings. The van der Waals surface area contributed by atoms with Crippen LogP contribution in [0.5, 0.6) is 5.75 Å². The first-order valence-corrected chi connectivity index (χ1v) is 7.02. The third-order valence-electron chi connectivity index (χ3n) is 2.85. The van der Waals surface area contributed by atoms with Crippen molar-refractivity contribution in [2.45, 2.75) is 0 Å². The lowest BCUT2D eigenvalue weighted by atomic mass is 10.1. The maximum atomic E-state index is 11.9. The van der Waals surface area contributed by atoms with Crippen LogP contribution in [0.15, 0.2) is 48.7 Å². The summed E-state index contributed by atoms with van der Waals surface area (Å²) in [5, 5.41) is 25.4. The van der Waals surface area contributed by atoms with Crippen LogP contribution in [0.25, 0.3) is 0 Å². The molecule has 2 aromatic carbocycles. The van der Waals surface area contributed by atoms with Gasteiger partial charge in [0.15, 0.2) is 5.78 Å². The number of ketones is 1. The Labute approximate surface area is 141 Å². The van der Waals surface area contributed by atoms with Crippen molar-refractivity contribution >= 4 is 40.4 Å². The van der Waals surface area contributed by atoms with E-state index in [4.69, 9.17) is 23.2 Å². The summed E-state index contributed by atoms with van der Waals surface area (Å²) in [7, 11) is 0. The third-order valence-corrected chi connectivity index (χ3v) is 3.59. The highest BCUT2D eigenvalue weighted by Crippen LogP contribution is 2.26. The lowest BCUT2D eigenvalue weighted by Gasteiger charge is -2.12. The van der Waals surface area contributed by atoms with Crippen LogP contribution in [0.1, 0.15) is 10.4 Å². The van der Waals surface area contributed by atoms with Crippen molar-refractivity contribution in [2.24, 2.45) is 0 Å². The Balaban J connectivity index is 2.12. The highest BCUT2D eigenvalue weighted by atomic mass is 35.5. The Bertz CT molecular complexity index is 806. The Kier molecular flexibility index (Phi) is 5.20. The van der Waals surface area contributed by atoms with Gasteiger partial charge in [-0.15, -0.1) is 0 Å². The predicted octanol–water partition coefficient (Wildman–Crippen LogP) is 3.78. The fourth-order valence-corrected chi connectivity index (χ4v) is 2.00. The van der Waals surface area contributed by atoms with Crippen LogP contribution in [0.2, 0.25) is 10.0 Å². The first-order valence-electron chi connectivity index (χ1n) is 6.26. The van der Waals surface area contributed by atoms with Crippen molar-refractivity contribution < 1.29 is 14.8 Å². The van der Waals surface area contributed by atoms with E-state index in [0.717, 1.165) is 18.2 Å². The number of nitrogens with one attached hydrogen (secondary N) is 1. The van der Waals surface area contributed by atoms with Crippen molar-refractivity contribution in [3.8, 4) is 5.75 Å². The van der Waals surface area contributed by atoms with Gasteiger partial charge in [0, 0.05) is 35.7 Å². The minimum absolute atomic E-state index is 0.00242. The molecule has 0 amide bonds. The van der Waals surface area contributed by atoms with Crippen molar-refractivity contribution in [2.75, 3.05) is 5.32 Å². The fourth-order valence-electron chi connectivity index (χ4n) is 1.70. The van der Waals surface area contributed by atoms with Crippen molar-refractivity contribution in [1.29, 1.82) is 0 Å². The second-order valence-corrected chi connectivity index (χ2v) is 5.22. The van der Waals surface area contributed by atoms with Gasteiger partial charge in [0.25, 0.3) is 5.69 Å². The van der Waals surface area contributed by atoms with E-state index >= 15 is 0 Å². The lowest BCUT2D eigenvalue weighted by Crippen LogP contribution is -2.00. The van der Waals surface area contributed by atoms with Crippen LogP contribution < -0.4 is 10.4 Å². The average molecular weight is 352 g/mol. The van der Waals surface area contributed by atoms with E-state index in [2.05, 4.69) is 5.32 Å². The number of benzene rings is 2. The summed E-state index contributed by atoms with van der Waals surface area (Å²) >= 11 is 11.6. The number of hydrogen-bond acceptors (Lipinski definition) is 5. The standard InChI is InChI=1S/C15H10Cl2N2O4/c16-11-3-1-9(7-12(11)17)14(20)5-6-18-13-8-10(19(22)23)2-4-15(13)21/h1-8,18,21H/p-1/b6-5+. The zero-order valence-corrected chi connectivity index (χ0v) is 13.0. The second kappa shape index (κ2) is 7.13. The van der Waals surface area contributed by atoms with Crippen LogP contribution in [-0.2, 0) is 0 Å². The molecule has 0 aliphatic rings. The molecular formula is C15H9Cl2N2O4-. The summed E-state index contributed by atoms with van der Waals surface area (Å²) < 4.78 is 0. The lowest BCUT2D eigenvalue weighted by molar-refractivity contribution is -0.385. The Morgan fingerprint density at radius 3 is 2.52 bits per heavy atom. The topological polar surface area (TPSA) is 95.3 Å². The zero-order valence-electron chi connectivity index (χ0n) is 11.5. The van der Waals surface area contributed by atoms with Crippen molar-refractivity contribution in [1.82, 2.24) is 0 Å². The number of anilines is 1. The highest BCUT2D eigenvalue weighted by Gasteiger charge is 2.07. The fraction of sp³-hybridized carbons (Fsp3) is 0. The van der Waals surface area contributed by atoms with Gasteiger partial charge in [0.1, 0.15) is 0 Å². The number of non-ortho nitro benzene ring substituents is 1. The van der Waals surface area contributed by atoms with Gasteiger partial charge in [-0.3, -0.25) is 14.9 Å².